The minimum atomic E-state index is 0.749. The lowest BCUT2D eigenvalue weighted by atomic mass is 10.3. The molecule has 2 aromatic rings. The summed E-state index contributed by atoms with van der Waals surface area (Å²) < 4.78 is 7.95. The molecular formula is C12H9I2NO. The van der Waals surface area contributed by atoms with Gasteiger partial charge in [-0.05, 0) is 87.6 Å². The third-order valence-corrected chi connectivity index (χ3v) is 3.56. The van der Waals surface area contributed by atoms with E-state index >= 15 is 0 Å². The van der Waals surface area contributed by atoms with Gasteiger partial charge in [0.25, 0.3) is 0 Å². The van der Waals surface area contributed by atoms with Gasteiger partial charge in [0.2, 0.25) is 0 Å². The molecule has 0 aliphatic carbocycles. The van der Waals surface area contributed by atoms with Crippen LogP contribution in [0, 0.1) is 7.14 Å². The van der Waals surface area contributed by atoms with E-state index in [0.29, 0.717) is 0 Å². The predicted octanol–water partition coefficient (Wildman–Crippen LogP) is 4.27. The lowest BCUT2D eigenvalue weighted by Gasteiger charge is -2.08. The first-order valence-electron chi connectivity index (χ1n) is 4.63. The number of benzene rings is 2. The van der Waals surface area contributed by atoms with Crippen LogP contribution in [0.15, 0.2) is 42.5 Å². The Kier molecular flexibility index (Phi) is 3.91. The maximum atomic E-state index is 5.75. The van der Waals surface area contributed by atoms with Crippen molar-refractivity contribution in [2.75, 3.05) is 5.73 Å². The molecule has 0 bridgehead atoms. The van der Waals surface area contributed by atoms with Crippen LogP contribution < -0.4 is 10.5 Å². The van der Waals surface area contributed by atoms with E-state index in [1.807, 2.05) is 42.5 Å². The summed E-state index contributed by atoms with van der Waals surface area (Å²) in [5, 5.41) is 0. The van der Waals surface area contributed by atoms with Gasteiger partial charge in [-0.3, -0.25) is 0 Å². The zero-order chi connectivity index (χ0) is 11.5. The minimum absolute atomic E-state index is 0.749. The molecule has 16 heavy (non-hydrogen) atoms. The largest absolute Gasteiger partial charge is 0.456 e. The number of rotatable bonds is 2. The van der Waals surface area contributed by atoms with Gasteiger partial charge in [0, 0.05) is 9.26 Å². The number of anilines is 1. The Bertz CT molecular complexity index is 497. The summed E-state index contributed by atoms with van der Waals surface area (Å²) in [6.07, 6.45) is 0. The molecule has 2 rings (SSSR count). The van der Waals surface area contributed by atoms with Gasteiger partial charge in [-0.15, -0.1) is 0 Å². The normalized spacial score (nSPS) is 10.1. The van der Waals surface area contributed by atoms with E-state index in [4.69, 9.17) is 10.5 Å². The molecule has 0 aliphatic rings. The second kappa shape index (κ2) is 5.22. The van der Waals surface area contributed by atoms with Crippen LogP contribution in [-0.4, -0.2) is 0 Å². The molecule has 0 saturated heterocycles. The van der Waals surface area contributed by atoms with Crippen molar-refractivity contribution in [1.82, 2.24) is 0 Å². The number of ether oxygens (including phenoxy) is 1. The van der Waals surface area contributed by atoms with Gasteiger partial charge in [0.1, 0.15) is 11.5 Å². The average Bonchev–Trinajstić information content (AvgIpc) is 2.25. The molecule has 0 saturated carbocycles. The van der Waals surface area contributed by atoms with Crippen LogP contribution in [0.5, 0.6) is 11.5 Å². The molecule has 0 aromatic heterocycles. The van der Waals surface area contributed by atoms with Gasteiger partial charge >= 0.3 is 0 Å². The van der Waals surface area contributed by atoms with Crippen LogP contribution in [0.1, 0.15) is 0 Å². The molecule has 0 radical (unpaired) electrons. The van der Waals surface area contributed by atoms with Gasteiger partial charge in [0.15, 0.2) is 0 Å². The zero-order valence-electron chi connectivity index (χ0n) is 8.28. The lowest BCUT2D eigenvalue weighted by Crippen LogP contribution is -1.90. The highest BCUT2D eigenvalue weighted by Gasteiger charge is 2.02. The predicted molar refractivity (Wildman–Crippen MR) is 82.8 cm³/mol. The van der Waals surface area contributed by atoms with Crippen molar-refractivity contribution in [3.05, 3.63) is 49.6 Å². The van der Waals surface area contributed by atoms with Crippen molar-refractivity contribution in [1.29, 1.82) is 0 Å². The highest BCUT2D eigenvalue weighted by atomic mass is 127. The summed E-state index contributed by atoms with van der Waals surface area (Å²) >= 11 is 4.48. The first-order valence-corrected chi connectivity index (χ1v) is 6.79. The molecular weight excluding hydrogens is 428 g/mol. The Morgan fingerprint density at radius 3 is 2.25 bits per heavy atom. The molecule has 2 N–H and O–H groups in total. The van der Waals surface area contributed by atoms with Crippen molar-refractivity contribution < 1.29 is 4.74 Å². The van der Waals surface area contributed by atoms with Crippen LogP contribution >= 0.6 is 45.2 Å². The number of halogens is 2. The third kappa shape index (κ3) is 3.00. The number of nitrogens with two attached hydrogens (primary N) is 1. The topological polar surface area (TPSA) is 35.2 Å². The first kappa shape index (κ1) is 12.0. The second-order valence-electron chi connectivity index (χ2n) is 3.25. The smallest absolute Gasteiger partial charge is 0.140 e. The van der Waals surface area contributed by atoms with Crippen molar-refractivity contribution in [3.63, 3.8) is 0 Å². The van der Waals surface area contributed by atoms with Crippen molar-refractivity contribution in [2.24, 2.45) is 0 Å². The molecule has 0 aliphatic heterocycles. The summed E-state index contributed by atoms with van der Waals surface area (Å²) in [6.45, 7) is 0. The van der Waals surface area contributed by atoms with E-state index < -0.39 is 0 Å². The first-order chi connectivity index (χ1) is 7.65. The summed E-state index contributed by atoms with van der Waals surface area (Å²) in [4.78, 5) is 0. The maximum absolute atomic E-state index is 5.75. The molecule has 0 spiro atoms. The van der Waals surface area contributed by atoms with E-state index in [2.05, 4.69) is 45.2 Å². The molecule has 0 heterocycles. The molecule has 82 valence electrons. The third-order valence-electron chi connectivity index (χ3n) is 2.00. The number of hydrogen-bond acceptors (Lipinski definition) is 2. The summed E-state index contributed by atoms with van der Waals surface area (Å²) in [6, 6.07) is 13.5. The lowest BCUT2D eigenvalue weighted by molar-refractivity contribution is 0.479. The van der Waals surface area contributed by atoms with E-state index in [0.717, 1.165) is 20.8 Å². The van der Waals surface area contributed by atoms with E-state index in [-0.39, 0.29) is 0 Å². The molecule has 0 unspecified atom stereocenters. The highest BCUT2D eigenvalue weighted by molar-refractivity contribution is 14.1. The Hall–Kier alpha value is -0.500. The van der Waals surface area contributed by atoms with Crippen molar-refractivity contribution in [2.45, 2.75) is 0 Å². The fourth-order valence-electron chi connectivity index (χ4n) is 1.23. The molecule has 0 amide bonds. The molecule has 2 aromatic carbocycles. The Labute approximate surface area is 121 Å². The SMILES string of the molecule is Nc1ccc(Oc2ccc(I)cc2)c(I)c1. The quantitative estimate of drug-likeness (QED) is 0.563. The monoisotopic (exact) mass is 437 g/mol. The molecule has 0 fully saturated rings. The van der Waals surface area contributed by atoms with E-state index in [1.165, 1.54) is 3.57 Å². The van der Waals surface area contributed by atoms with Gasteiger partial charge in [-0.1, -0.05) is 0 Å². The highest BCUT2D eigenvalue weighted by Crippen LogP contribution is 2.28. The van der Waals surface area contributed by atoms with Crippen molar-refractivity contribution in [3.8, 4) is 11.5 Å². The minimum Gasteiger partial charge on any atom is -0.456 e. The van der Waals surface area contributed by atoms with E-state index in [9.17, 15) is 0 Å². The second-order valence-corrected chi connectivity index (χ2v) is 5.65. The molecule has 2 nitrogen and oxygen atoms in total. The number of hydrogen-bond donors (Lipinski definition) is 1. The average molecular weight is 437 g/mol. The van der Waals surface area contributed by atoms with Crippen molar-refractivity contribution >= 4 is 50.9 Å². The summed E-state index contributed by atoms with van der Waals surface area (Å²) in [5.74, 6) is 1.67. The standard InChI is InChI=1S/C12H9I2NO/c13-8-1-4-10(5-2-8)16-12-6-3-9(15)7-11(12)14/h1-7H,15H2. The summed E-state index contributed by atoms with van der Waals surface area (Å²) in [7, 11) is 0. The van der Waals surface area contributed by atoms with Crippen LogP contribution in [0.3, 0.4) is 0 Å². The van der Waals surface area contributed by atoms with Gasteiger partial charge in [-0.25, -0.2) is 0 Å². The maximum Gasteiger partial charge on any atom is 0.140 e. The van der Waals surface area contributed by atoms with Gasteiger partial charge < -0.3 is 10.5 Å². The fourth-order valence-corrected chi connectivity index (χ4v) is 2.24. The van der Waals surface area contributed by atoms with Gasteiger partial charge in [0.05, 0.1) is 3.57 Å². The van der Waals surface area contributed by atoms with Crippen LogP contribution in [0.25, 0.3) is 0 Å². The zero-order valence-corrected chi connectivity index (χ0v) is 12.6. The Morgan fingerprint density at radius 1 is 0.938 bits per heavy atom. The Balaban J connectivity index is 2.23. The number of nitrogen functional groups attached to an aromatic ring is 1. The van der Waals surface area contributed by atoms with Gasteiger partial charge in [-0.2, -0.15) is 0 Å². The molecule has 4 heteroatoms. The van der Waals surface area contributed by atoms with E-state index in [1.54, 1.807) is 0 Å². The van der Waals surface area contributed by atoms with Crippen LogP contribution in [-0.2, 0) is 0 Å². The van der Waals surface area contributed by atoms with Crippen LogP contribution in [0.4, 0.5) is 5.69 Å². The summed E-state index contributed by atoms with van der Waals surface area (Å²) in [5.41, 5.74) is 6.43. The Morgan fingerprint density at radius 2 is 1.62 bits per heavy atom. The fraction of sp³-hybridized carbons (Fsp3) is 0. The van der Waals surface area contributed by atoms with Crippen LogP contribution in [0.2, 0.25) is 0 Å². The molecule has 0 atom stereocenters.